The number of hydrogen-bond donors (Lipinski definition) is 1. The molecule has 20 heavy (non-hydrogen) atoms. The van der Waals surface area contributed by atoms with Gasteiger partial charge in [0, 0.05) is 10.6 Å². The van der Waals surface area contributed by atoms with Gasteiger partial charge in [-0.15, -0.1) is 11.8 Å². The summed E-state index contributed by atoms with van der Waals surface area (Å²) >= 11 is 1.57. The van der Waals surface area contributed by atoms with Crippen LogP contribution in [0, 0.1) is 0 Å². The molecule has 0 aromatic heterocycles. The minimum atomic E-state index is -3.50. The standard InChI is InChI=1S/C15H15NO2S2/c1-19-15-9-5-8-14(12-15)16-20(17,18)11-10-13-6-3-2-4-7-13/h2-12,16H,1H3/b11-10+. The highest BCUT2D eigenvalue weighted by Crippen LogP contribution is 2.20. The van der Waals surface area contributed by atoms with Gasteiger partial charge < -0.3 is 0 Å². The van der Waals surface area contributed by atoms with Crippen LogP contribution in [0.5, 0.6) is 0 Å². The van der Waals surface area contributed by atoms with E-state index in [1.54, 1.807) is 30.0 Å². The predicted octanol–water partition coefficient (Wildman–Crippen LogP) is 3.82. The van der Waals surface area contributed by atoms with E-state index >= 15 is 0 Å². The van der Waals surface area contributed by atoms with Crippen LogP contribution in [-0.4, -0.2) is 14.7 Å². The van der Waals surface area contributed by atoms with Gasteiger partial charge in [0.05, 0.1) is 5.41 Å². The molecule has 0 amide bonds. The molecule has 2 aromatic carbocycles. The van der Waals surface area contributed by atoms with Crippen molar-refractivity contribution in [1.82, 2.24) is 0 Å². The molecule has 2 aromatic rings. The molecular weight excluding hydrogens is 290 g/mol. The van der Waals surface area contributed by atoms with E-state index in [1.807, 2.05) is 48.7 Å². The van der Waals surface area contributed by atoms with Crippen molar-refractivity contribution in [3.05, 3.63) is 65.6 Å². The fraction of sp³-hybridized carbons (Fsp3) is 0.0667. The minimum absolute atomic E-state index is 0.564. The molecule has 5 heteroatoms. The summed E-state index contributed by atoms with van der Waals surface area (Å²) in [7, 11) is -3.50. The van der Waals surface area contributed by atoms with Gasteiger partial charge in [0.25, 0.3) is 10.0 Å². The van der Waals surface area contributed by atoms with Gasteiger partial charge in [-0.3, -0.25) is 4.72 Å². The Morgan fingerprint density at radius 3 is 2.50 bits per heavy atom. The molecule has 0 radical (unpaired) electrons. The summed E-state index contributed by atoms with van der Waals surface area (Å²) in [5.41, 5.74) is 1.41. The van der Waals surface area contributed by atoms with Crippen LogP contribution in [0.25, 0.3) is 6.08 Å². The molecule has 0 fully saturated rings. The topological polar surface area (TPSA) is 46.2 Å². The number of sulfonamides is 1. The third-order valence-corrected chi connectivity index (χ3v) is 4.31. The lowest BCUT2D eigenvalue weighted by atomic mass is 10.2. The first-order valence-electron chi connectivity index (χ1n) is 5.99. The first-order valence-corrected chi connectivity index (χ1v) is 8.76. The Morgan fingerprint density at radius 1 is 1.05 bits per heavy atom. The normalized spacial score (nSPS) is 11.7. The molecule has 104 valence electrons. The summed E-state index contributed by atoms with van der Waals surface area (Å²) in [4.78, 5) is 1.01. The van der Waals surface area contributed by atoms with E-state index < -0.39 is 10.0 Å². The molecule has 0 spiro atoms. The van der Waals surface area contributed by atoms with Crippen LogP contribution in [0.2, 0.25) is 0 Å². The van der Waals surface area contributed by atoms with E-state index in [9.17, 15) is 8.42 Å². The summed E-state index contributed by atoms with van der Waals surface area (Å²) in [5.74, 6) is 0. The maximum Gasteiger partial charge on any atom is 0.255 e. The van der Waals surface area contributed by atoms with Crippen molar-refractivity contribution in [2.45, 2.75) is 4.90 Å². The average Bonchev–Trinajstić information content (AvgIpc) is 2.46. The molecule has 0 saturated carbocycles. The monoisotopic (exact) mass is 305 g/mol. The molecule has 0 aliphatic heterocycles. The zero-order valence-corrected chi connectivity index (χ0v) is 12.6. The van der Waals surface area contributed by atoms with Crippen LogP contribution in [0.15, 0.2) is 64.9 Å². The smallest absolute Gasteiger partial charge is 0.255 e. The average molecular weight is 305 g/mol. The van der Waals surface area contributed by atoms with Gasteiger partial charge in [-0.1, -0.05) is 36.4 Å². The lowest BCUT2D eigenvalue weighted by molar-refractivity contribution is 0.609. The van der Waals surface area contributed by atoms with Crippen LogP contribution < -0.4 is 4.72 Å². The van der Waals surface area contributed by atoms with Crippen molar-refractivity contribution in [2.24, 2.45) is 0 Å². The summed E-state index contributed by atoms with van der Waals surface area (Å²) in [6.07, 6.45) is 3.52. The summed E-state index contributed by atoms with van der Waals surface area (Å²) in [6, 6.07) is 16.6. The van der Waals surface area contributed by atoms with E-state index in [0.29, 0.717) is 5.69 Å². The Morgan fingerprint density at radius 2 is 1.80 bits per heavy atom. The summed E-state index contributed by atoms with van der Waals surface area (Å²) < 4.78 is 26.5. The molecule has 3 nitrogen and oxygen atoms in total. The third kappa shape index (κ3) is 4.43. The number of thioether (sulfide) groups is 1. The second kappa shape index (κ2) is 6.63. The quantitative estimate of drug-likeness (QED) is 0.854. The van der Waals surface area contributed by atoms with Crippen LogP contribution in [0.3, 0.4) is 0 Å². The van der Waals surface area contributed by atoms with Gasteiger partial charge in [-0.2, -0.15) is 0 Å². The molecular formula is C15H15NO2S2. The zero-order valence-electron chi connectivity index (χ0n) is 11.0. The number of rotatable bonds is 5. The number of anilines is 1. The van der Waals surface area contributed by atoms with Gasteiger partial charge in [-0.25, -0.2) is 8.42 Å². The highest BCUT2D eigenvalue weighted by Gasteiger charge is 2.05. The van der Waals surface area contributed by atoms with Gasteiger partial charge in [0.15, 0.2) is 0 Å². The molecule has 0 aliphatic rings. The Labute approximate surface area is 123 Å². The van der Waals surface area contributed by atoms with E-state index in [2.05, 4.69) is 4.72 Å². The maximum absolute atomic E-state index is 12.0. The van der Waals surface area contributed by atoms with Crippen LogP contribution in [0.4, 0.5) is 5.69 Å². The lowest BCUT2D eigenvalue weighted by Gasteiger charge is -2.05. The van der Waals surface area contributed by atoms with E-state index in [4.69, 9.17) is 0 Å². The second-order valence-corrected chi connectivity index (χ2v) is 6.54. The van der Waals surface area contributed by atoms with E-state index in [0.717, 1.165) is 10.5 Å². The van der Waals surface area contributed by atoms with E-state index in [-0.39, 0.29) is 0 Å². The SMILES string of the molecule is CSc1cccc(NS(=O)(=O)/C=C/c2ccccc2)c1. The van der Waals surface area contributed by atoms with Gasteiger partial charge in [0.1, 0.15) is 0 Å². The summed E-state index contributed by atoms with van der Waals surface area (Å²) in [5, 5.41) is 1.17. The lowest BCUT2D eigenvalue weighted by Crippen LogP contribution is -2.08. The maximum atomic E-state index is 12.0. The summed E-state index contributed by atoms with van der Waals surface area (Å²) in [6.45, 7) is 0. The van der Waals surface area contributed by atoms with Gasteiger partial charge >= 0.3 is 0 Å². The molecule has 1 N–H and O–H groups in total. The fourth-order valence-electron chi connectivity index (χ4n) is 1.62. The zero-order chi connectivity index (χ0) is 14.4. The molecule has 0 saturated heterocycles. The van der Waals surface area contributed by atoms with Gasteiger partial charge in [-0.05, 0) is 36.1 Å². The molecule has 0 aliphatic carbocycles. The predicted molar refractivity (Wildman–Crippen MR) is 86.2 cm³/mol. The van der Waals surface area contributed by atoms with Crippen molar-refractivity contribution in [1.29, 1.82) is 0 Å². The molecule has 0 unspecified atom stereocenters. The molecule has 2 rings (SSSR count). The third-order valence-electron chi connectivity index (χ3n) is 2.57. The van der Waals surface area contributed by atoms with Crippen LogP contribution >= 0.6 is 11.8 Å². The molecule has 0 heterocycles. The first kappa shape index (κ1) is 14.7. The highest BCUT2D eigenvalue weighted by molar-refractivity contribution is 7.98. The Hall–Kier alpha value is -1.72. The first-order chi connectivity index (χ1) is 9.59. The van der Waals surface area contributed by atoms with Crippen molar-refractivity contribution in [3.63, 3.8) is 0 Å². The highest BCUT2D eigenvalue weighted by atomic mass is 32.2. The van der Waals surface area contributed by atoms with E-state index in [1.165, 1.54) is 5.41 Å². The van der Waals surface area contributed by atoms with Gasteiger partial charge in [0.2, 0.25) is 0 Å². The molecule has 0 atom stereocenters. The Kier molecular flexibility index (Phi) is 4.87. The van der Waals surface area contributed by atoms with Crippen LogP contribution in [-0.2, 0) is 10.0 Å². The fourth-order valence-corrected chi connectivity index (χ4v) is 2.94. The van der Waals surface area contributed by atoms with Crippen molar-refractivity contribution < 1.29 is 8.42 Å². The van der Waals surface area contributed by atoms with Crippen molar-refractivity contribution in [3.8, 4) is 0 Å². The minimum Gasteiger partial charge on any atom is -0.280 e. The number of nitrogens with one attached hydrogen (secondary N) is 1. The second-order valence-electron chi connectivity index (χ2n) is 4.09. The number of hydrogen-bond acceptors (Lipinski definition) is 3. The Balaban J connectivity index is 2.13. The molecule has 0 bridgehead atoms. The number of benzene rings is 2. The largest absolute Gasteiger partial charge is 0.280 e. The Bertz CT molecular complexity index is 695. The van der Waals surface area contributed by atoms with Crippen molar-refractivity contribution in [2.75, 3.05) is 11.0 Å². The van der Waals surface area contributed by atoms with Crippen molar-refractivity contribution >= 4 is 33.5 Å². The van der Waals surface area contributed by atoms with Crippen LogP contribution in [0.1, 0.15) is 5.56 Å².